The van der Waals surface area contributed by atoms with E-state index in [4.69, 9.17) is 0 Å². The minimum absolute atomic E-state index is 0.0780. The topological polar surface area (TPSA) is 45.6 Å². The number of thioether (sulfide) groups is 1. The molecule has 20 heavy (non-hydrogen) atoms. The van der Waals surface area contributed by atoms with Crippen LogP contribution in [0.3, 0.4) is 0 Å². The van der Waals surface area contributed by atoms with Gasteiger partial charge in [0.25, 0.3) is 5.91 Å². The third kappa shape index (κ3) is 2.23. The number of rotatable bonds is 2. The van der Waals surface area contributed by atoms with Crippen LogP contribution in [0.1, 0.15) is 18.9 Å². The minimum atomic E-state index is -0.470. The molecule has 1 aliphatic heterocycles. The number of anilines is 1. The summed E-state index contributed by atoms with van der Waals surface area (Å²) in [4.78, 5) is 22.6. The van der Waals surface area contributed by atoms with Crippen LogP contribution in [-0.4, -0.2) is 34.8 Å². The third-order valence-electron chi connectivity index (χ3n) is 3.14. The van der Waals surface area contributed by atoms with Gasteiger partial charge in [-0.25, -0.2) is 9.98 Å². The van der Waals surface area contributed by atoms with Crippen molar-refractivity contribution in [3.63, 3.8) is 0 Å². The summed E-state index contributed by atoms with van der Waals surface area (Å²) in [6, 6.07) is 6.17. The van der Waals surface area contributed by atoms with E-state index in [-0.39, 0.29) is 5.91 Å². The molecule has 0 saturated carbocycles. The Labute approximate surface area is 125 Å². The summed E-state index contributed by atoms with van der Waals surface area (Å²) in [7, 11) is 4.03. The fourth-order valence-electron chi connectivity index (χ4n) is 1.91. The zero-order valence-corrected chi connectivity index (χ0v) is 13.4. The molecule has 6 heteroatoms. The molecule has 0 spiro atoms. The Hall–Kier alpha value is -1.40. The lowest BCUT2D eigenvalue weighted by molar-refractivity contribution is -0.119. The predicted octanol–water partition coefficient (Wildman–Crippen LogP) is 3.16. The van der Waals surface area contributed by atoms with E-state index in [1.54, 1.807) is 11.3 Å². The average Bonchev–Trinajstić information content (AvgIpc) is 2.90. The molecular formula is C14H15N3OS2. The molecule has 1 aromatic heterocycles. The number of hydrogen-bond donors (Lipinski definition) is 0. The van der Waals surface area contributed by atoms with Gasteiger partial charge in [0.05, 0.1) is 15.0 Å². The zero-order valence-electron chi connectivity index (χ0n) is 11.8. The van der Waals surface area contributed by atoms with Gasteiger partial charge >= 0.3 is 0 Å². The lowest BCUT2D eigenvalue weighted by atomic mass is 10.2. The molecule has 0 N–H and O–H groups in total. The summed E-state index contributed by atoms with van der Waals surface area (Å²) < 4.78 is 0.647. The zero-order chi connectivity index (χ0) is 14.5. The van der Waals surface area contributed by atoms with Crippen LogP contribution in [0.2, 0.25) is 0 Å². The van der Waals surface area contributed by atoms with E-state index >= 15 is 0 Å². The number of nitrogens with zero attached hydrogens (tertiary/aromatic N) is 3. The van der Waals surface area contributed by atoms with Gasteiger partial charge in [-0.15, -0.1) is 11.3 Å². The molecular weight excluding hydrogens is 290 g/mol. The van der Waals surface area contributed by atoms with Gasteiger partial charge in [-0.3, -0.25) is 4.79 Å². The first-order valence-corrected chi connectivity index (χ1v) is 7.90. The SMILES string of the molecule is CN(C)c1ccc2nc(C3=NC(=O)C(C)(C)S3)sc2c1. The lowest BCUT2D eigenvalue weighted by Gasteiger charge is -2.11. The van der Waals surface area contributed by atoms with E-state index in [1.807, 2.05) is 40.1 Å². The van der Waals surface area contributed by atoms with Gasteiger partial charge in [-0.1, -0.05) is 11.8 Å². The summed E-state index contributed by atoms with van der Waals surface area (Å²) in [5.41, 5.74) is 2.10. The molecule has 104 valence electrons. The number of aromatic nitrogens is 1. The van der Waals surface area contributed by atoms with Gasteiger partial charge in [0.2, 0.25) is 0 Å². The van der Waals surface area contributed by atoms with E-state index in [0.29, 0.717) is 0 Å². The van der Waals surface area contributed by atoms with Crippen molar-refractivity contribution >= 4 is 50.0 Å². The number of aliphatic imine (C=N–C) groups is 1. The summed E-state index contributed by atoms with van der Waals surface area (Å²) >= 11 is 3.08. The molecule has 2 heterocycles. The predicted molar refractivity (Wildman–Crippen MR) is 87.2 cm³/mol. The molecule has 4 nitrogen and oxygen atoms in total. The van der Waals surface area contributed by atoms with Gasteiger partial charge < -0.3 is 4.90 Å². The summed E-state index contributed by atoms with van der Waals surface area (Å²) in [5.74, 6) is -0.0780. The Bertz CT molecular complexity index is 731. The first-order valence-electron chi connectivity index (χ1n) is 6.27. The van der Waals surface area contributed by atoms with Gasteiger partial charge in [0, 0.05) is 19.8 Å². The molecule has 0 unspecified atom stereocenters. The molecule has 1 aliphatic rings. The smallest absolute Gasteiger partial charge is 0.262 e. The van der Waals surface area contributed by atoms with Crippen molar-refractivity contribution < 1.29 is 4.79 Å². The second-order valence-electron chi connectivity index (χ2n) is 5.40. The Morgan fingerprint density at radius 1 is 1.25 bits per heavy atom. The molecule has 3 rings (SSSR count). The Morgan fingerprint density at radius 3 is 2.60 bits per heavy atom. The highest BCUT2D eigenvalue weighted by Gasteiger charge is 2.37. The van der Waals surface area contributed by atoms with Gasteiger partial charge in [0.1, 0.15) is 10.1 Å². The fourth-order valence-corrected chi connectivity index (χ4v) is 3.92. The summed E-state index contributed by atoms with van der Waals surface area (Å²) in [6.07, 6.45) is 0. The largest absolute Gasteiger partial charge is 0.378 e. The van der Waals surface area contributed by atoms with Crippen molar-refractivity contribution in [3.8, 4) is 0 Å². The molecule has 0 fully saturated rings. The maximum absolute atomic E-state index is 11.8. The molecule has 0 atom stereocenters. The number of benzene rings is 1. The van der Waals surface area contributed by atoms with E-state index in [0.717, 1.165) is 26.0 Å². The summed E-state index contributed by atoms with van der Waals surface area (Å²) in [5, 5.41) is 1.58. The highest BCUT2D eigenvalue weighted by molar-refractivity contribution is 8.16. The maximum atomic E-state index is 11.8. The van der Waals surface area contributed by atoms with Crippen molar-refractivity contribution in [2.24, 2.45) is 4.99 Å². The average molecular weight is 305 g/mol. The van der Waals surface area contributed by atoms with Crippen molar-refractivity contribution in [2.45, 2.75) is 18.6 Å². The second kappa shape index (κ2) is 4.56. The van der Waals surface area contributed by atoms with Gasteiger partial charge in [-0.05, 0) is 32.0 Å². The van der Waals surface area contributed by atoms with E-state index in [9.17, 15) is 4.79 Å². The molecule has 2 aromatic rings. The van der Waals surface area contributed by atoms with Crippen LogP contribution >= 0.6 is 23.1 Å². The molecule has 0 radical (unpaired) electrons. The number of carbonyl (C=O) groups is 1. The van der Waals surface area contributed by atoms with Crippen LogP contribution in [0.5, 0.6) is 0 Å². The number of fused-ring (bicyclic) bond motifs is 1. The normalized spacial score (nSPS) is 17.6. The standard InChI is InChI=1S/C14H15N3OS2/c1-14(2)13(18)16-12(20-14)11-15-9-6-5-8(17(3)4)7-10(9)19-11/h5-7H,1-4H3. The Kier molecular flexibility index (Phi) is 3.10. The number of amides is 1. The lowest BCUT2D eigenvalue weighted by Crippen LogP contribution is -2.21. The highest BCUT2D eigenvalue weighted by Crippen LogP contribution is 2.38. The molecule has 1 aromatic carbocycles. The fraction of sp³-hybridized carbons (Fsp3) is 0.357. The Balaban J connectivity index is 2.02. The Morgan fingerprint density at radius 2 is 2.00 bits per heavy atom. The van der Waals surface area contributed by atoms with Crippen molar-refractivity contribution in [3.05, 3.63) is 23.2 Å². The van der Waals surface area contributed by atoms with Crippen LogP contribution < -0.4 is 4.90 Å². The number of carbonyl (C=O) groups excluding carboxylic acids is 1. The van der Waals surface area contributed by atoms with Crippen LogP contribution in [0.15, 0.2) is 23.2 Å². The molecule has 0 aliphatic carbocycles. The van der Waals surface area contributed by atoms with E-state index < -0.39 is 4.75 Å². The number of thiazole rings is 1. The molecule has 0 bridgehead atoms. The van der Waals surface area contributed by atoms with Crippen molar-refractivity contribution in [1.29, 1.82) is 0 Å². The van der Waals surface area contributed by atoms with Crippen LogP contribution in [0.25, 0.3) is 10.2 Å². The van der Waals surface area contributed by atoms with Gasteiger partial charge in [0.15, 0.2) is 0 Å². The monoisotopic (exact) mass is 305 g/mol. The van der Waals surface area contributed by atoms with Crippen LogP contribution in [0.4, 0.5) is 5.69 Å². The van der Waals surface area contributed by atoms with E-state index in [1.165, 1.54) is 11.8 Å². The van der Waals surface area contributed by atoms with E-state index in [2.05, 4.69) is 20.9 Å². The van der Waals surface area contributed by atoms with Crippen molar-refractivity contribution in [1.82, 2.24) is 4.98 Å². The number of hydrogen-bond acceptors (Lipinski definition) is 5. The minimum Gasteiger partial charge on any atom is -0.378 e. The quantitative estimate of drug-likeness (QED) is 0.855. The second-order valence-corrected chi connectivity index (χ2v) is 8.04. The van der Waals surface area contributed by atoms with Gasteiger partial charge in [-0.2, -0.15) is 0 Å². The molecule has 0 saturated heterocycles. The highest BCUT2D eigenvalue weighted by atomic mass is 32.2. The first kappa shape index (κ1) is 13.6. The van der Waals surface area contributed by atoms with Crippen molar-refractivity contribution in [2.75, 3.05) is 19.0 Å². The third-order valence-corrected chi connectivity index (χ3v) is 5.46. The summed E-state index contributed by atoms with van der Waals surface area (Å²) in [6.45, 7) is 3.79. The van der Waals surface area contributed by atoms with Crippen LogP contribution in [0, 0.1) is 0 Å². The molecule has 1 amide bonds. The van der Waals surface area contributed by atoms with Crippen LogP contribution in [-0.2, 0) is 4.79 Å². The maximum Gasteiger partial charge on any atom is 0.262 e. The first-order chi connectivity index (χ1) is 9.37.